The highest BCUT2D eigenvalue weighted by Gasteiger charge is 2.11. The number of aromatic nitrogens is 2. The summed E-state index contributed by atoms with van der Waals surface area (Å²) in [5.41, 5.74) is 18.7. The molecule has 0 amide bonds. The number of hydrogen-bond donors (Lipinski definition) is 2. The Morgan fingerprint density at radius 3 is 2.18 bits per heavy atom. The molecule has 0 atom stereocenters. The van der Waals surface area contributed by atoms with Crippen molar-refractivity contribution >= 4 is 22.4 Å². The highest BCUT2D eigenvalue weighted by Crippen LogP contribution is 2.25. The molecule has 256 valence electrons. The van der Waals surface area contributed by atoms with Gasteiger partial charge >= 0.3 is 0 Å². The lowest BCUT2D eigenvalue weighted by molar-refractivity contribution is 0.483. The van der Waals surface area contributed by atoms with Crippen LogP contribution in [0.4, 0.5) is 5.69 Å². The molecule has 0 radical (unpaired) electrons. The van der Waals surface area contributed by atoms with Crippen LogP contribution in [0.3, 0.4) is 0 Å². The van der Waals surface area contributed by atoms with E-state index in [-0.39, 0.29) is 0 Å². The first kappa shape index (κ1) is 36.9. The summed E-state index contributed by atoms with van der Waals surface area (Å²) in [4.78, 5) is 4.38. The van der Waals surface area contributed by atoms with Gasteiger partial charge in [-0.2, -0.15) is 0 Å². The number of benzene rings is 4. The number of H-pyrrole nitrogens is 1. The van der Waals surface area contributed by atoms with Gasteiger partial charge in [-0.25, -0.2) is 0 Å². The summed E-state index contributed by atoms with van der Waals surface area (Å²) in [7, 11) is 2.09. The molecular weight excluding hydrogens is 611 g/mol. The van der Waals surface area contributed by atoms with Gasteiger partial charge in [0.05, 0.1) is 22.4 Å². The van der Waals surface area contributed by atoms with Crippen LogP contribution in [0.25, 0.3) is 22.4 Å². The Morgan fingerprint density at radius 2 is 1.54 bits per heavy atom. The molecular formula is C45H51N5. The monoisotopic (exact) mass is 661 g/mol. The number of para-hydroxylation sites is 3. The average molecular weight is 662 g/mol. The zero-order valence-electron chi connectivity index (χ0n) is 30.2. The van der Waals surface area contributed by atoms with E-state index in [1.54, 1.807) is 12.3 Å². The molecule has 0 spiro atoms. The van der Waals surface area contributed by atoms with Crippen LogP contribution in [0, 0.1) is 6.92 Å². The minimum Gasteiger partial charge on any atom is -0.403 e. The summed E-state index contributed by atoms with van der Waals surface area (Å²) < 4.78 is 2.08. The third-order valence-electron chi connectivity index (χ3n) is 8.18. The molecule has 1 heterocycles. The van der Waals surface area contributed by atoms with E-state index in [1.807, 2.05) is 43.3 Å². The van der Waals surface area contributed by atoms with Crippen LogP contribution in [0.1, 0.15) is 37.5 Å². The molecule has 0 bridgehead atoms. The lowest BCUT2D eigenvalue weighted by Gasteiger charge is -2.25. The smallest absolute Gasteiger partial charge is 0.0880 e. The van der Waals surface area contributed by atoms with Crippen LogP contribution >= 0.6 is 0 Å². The van der Waals surface area contributed by atoms with Crippen molar-refractivity contribution in [2.45, 2.75) is 34.1 Å². The maximum Gasteiger partial charge on any atom is 0.0880 e. The lowest BCUT2D eigenvalue weighted by atomic mass is 10.1. The zero-order valence-corrected chi connectivity index (χ0v) is 30.2. The molecule has 0 fully saturated rings. The van der Waals surface area contributed by atoms with Crippen molar-refractivity contribution in [2.75, 3.05) is 18.5 Å². The number of likely N-dealkylation sites (N-methyl/N-ethyl adjacent to an activating group) is 1. The van der Waals surface area contributed by atoms with Crippen molar-refractivity contribution in [3.05, 3.63) is 199 Å². The molecule has 0 aliphatic carbocycles. The molecule has 0 saturated heterocycles. The molecule has 50 heavy (non-hydrogen) atoms. The summed E-state index contributed by atoms with van der Waals surface area (Å²) in [6.45, 7) is 16.9. The van der Waals surface area contributed by atoms with Crippen LogP contribution in [-0.4, -0.2) is 28.3 Å². The van der Waals surface area contributed by atoms with Gasteiger partial charge in [-0.15, -0.1) is 0 Å². The standard InChI is InChI=1S/C33H41N3.C12H10N2/c1-8-9-10-11-29(6)36(23-20-28(5)24-26(2)3)32-18-16-31(17-19-32)33(25-34)35(7)22-21-30-14-12-27(4)13-15-30;1-2-6-10(7-3-1)14-12-9-5-4-8-11(12)13-14/h8-20,23-25H,1-2,21-22,34H2,3-7H3;1-9,13H/b10-9?,23-20-,28-24-,29-11-,33-25-;. The van der Waals surface area contributed by atoms with Crippen LogP contribution < -0.4 is 10.6 Å². The van der Waals surface area contributed by atoms with E-state index in [1.165, 1.54) is 27.8 Å². The molecule has 5 heteroatoms. The number of rotatable bonds is 13. The Labute approximate surface area is 299 Å². The van der Waals surface area contributed by atoms with Crippen molar-refractivity contribution in [1.29, 1.82) is 0 Å². The van der Waals surface area contributed by atoms with E-state index in [4.69, 9.17) is 5.73 Å². The highest BCUT2D eigenvalue weighted by molar-refractivity contribution is 5.79. The van der Waals surface area contributed by atoms with Gasteiger partial charge in [0.2, 0.25) is 0 Å². The van der Waals surface area contributed by atoms with Crippen LogP contribution in [-0.2, 0) is 6.42 Å². The maximum absolute atomic E-state index is 6.07. The molecule has 4 aromatic carbocycles. The molecule has 0 saturated carbocycles. The number of nitrogens with two attached hydrogens (primary N) is 1. The maximum atomic E-state index is 6.07. The minimum atomic E-state index is 0.883. The third-order valence-corrected chi connectivity index (χ3v) is 8.18. The summed E-state index contributed by atoms with van der Waals surface area (Å²) in [5.74, 6) is 0. The normalized spacial score (nSPS) is 12.3. The molecule has 0 unspecified atom stereocenters. The number of allylic oxidation sites excluding steroid dienone is 9. The summed E-state index contributed by atoms with van der Waals surface area (Å²) in [5, 5.41) is 3.27. The quantitative estimate of drug-likeness (QED) is 0.123. The molecule has 0 aliphatic heterocycles. The first-order valence-electron chi connectivity index (χ1n) is 17.0. The van der Waals surface area contributed by atoms with Gasteiger partial charge in [0.15, 0.2) is 0 Å². The molecule has 3 N–H and O–H groups in total. The predicted octanol–water partition coefficient (Wildman–Crippen LogP) is 10.9. The molecule has 1 aromatic heterocycles. The second kappa shape index (κ2) is 18.6. The van der Waals surface area contributed by atoms with Crippen molar-refractivity contribution < 1.29 is 0 Å². The van der Waals surface area contributed by atoms with Crippen molar-refractivity contribution in [2.24, 2.45) is 5.73 Å². The number of hydrogen-bond acceptors (Lipinski definition) is 3. The Morgan fingerprint density at radius 1 is 0.860 bits per heavy atom. The van der Waals surface area contributed by atoms with E-state index in [0.29, 0.717) is 0 Å². The van der Waals surface area contributed by atoms with E-state index in [0.717, 1.165) is 46.8 Å². The van der Waals surface area contributed by atoms with Gasteiger partial charge in [-0.3, -0.25) is 9.78 Å². The number of aromatic amines is 1. The fourth-order valence-electron chi connectivity index (χ4n) is 5.47. The van der Waals surface area contributed by atoms with Gasteiger partial charge in [-0.05, 0) is 99.4 Å². The van der Waals surface area contributed by atoms with E-state index in [2.05, 4.69) is 164 Å². The van der Waals surface area contributed by atoms with Crippen molar-refractivity contribution in [3.63, 3.8) is 0 Å². The number of nitrogens with one attached hydrogen (secondary N) is 1. The van der Waals surface area contributed by atoms with Gasteiger partial charge in [0.25, 0.3) is 0 Å². The SMILES string of the molecule is C=CC=C/C=C(/C)N(/C=C\C(C)=C/C(=C)C)c1ccc(/C(=C/N)N(C)CCc2ccc(C)cc2)cc1.c1ccc(-n2[nH]c3ccccc32)cc1. The molecule has 5 nitrogen and oxygen atoms in total. The van der Waals surface area contributed by atoms with E-state index < -0.39 is 0 Å². The third kappa shape index (κ3) is 10.5. The van der Waals surface area contributed by atoms with Crippen LogP contribution in [0.5, 0.6) is 0 Å². The Balaban J connectivity index is 0.000000327. The van der Waals surface area contributed by atoms with E-state index >= 15 is 0 Å². The first-order chi connectivity index (χ1) is 24.2. The van der Waals surface area contributed by atoms with Crippen LogP contribution in [0.15, 0.2) is 182 Å². The summed E-state index contributed by atoms with van der Waals surface area (Å²) >= 11 is 0. The largest absolute Gasteiger partial charge is 0.403 e. The minimum absolute atomic E-state index is 0.883. The van der Waals surface area contributed by atoms with Crippen molar-refractivity contribution in [1.82, 2.24) is 14.7 Å². The second-order valence-electron chi connectivity index (χ2n) is 12.4. The summed E-state index contributed by atoms with van der Waals surface area (Å²) in [6, 6.07) is 35.8. The molecule has 0 aliphatic rings. The zero-order chi connectivity index (χ0) is 35.9. The Bertz CT molecular complexity index is 1980. The Hall–Kier alpha value is -5.94. The molecule has 5 aromatic rings. The topological polar surface area (TPSA) is 53.2 Å². The number of nitrogens with zero attached hydrogens (tertiary/aromatic N) is 3. The first-order valence-corrected chi connectivity index (χ1v) is 17.0. The number of fused-ring (bicyclic) bond motifs is 1. The van der Waals surface area contributed by atoms with Gasteiger partial charge < -0.3 is 15.5 Å². The van der Waals surface area contributed by atoms with E-state index in [9.17, 15) is 0 Å². The number of anilines is 1. The predicted molar refractivity (Wildman–Crippen MR) is 217 cm³/mol. The molecule has 5 rings (SSSR count). The summed E-state index contributed by atoms with van der Waals surface area (Å²) in [6.07, 6.45) is 16.7. The van der Waals surface area contributed by atoms with Crippen molar-refractivity contribution in [3.8, 4) is 5.69 Å². The lowest BCUT2D eigenvalue weighted by Crippen LogP contribution is -2.21. The Kier molecular flexibility index (Phi) is 13.7. The fourth-order valence-corrected chi connectivity index (χ4v) is 5.47. The van der Waals surface area contributed by atoms with Crippen LogP contribution in [0.2, 0.25) is 0 Å². The fraction of sp³-hybridized carbons (Fsp3) is 0.156. The average Bonchev–Trinajstić information content (AvgIpc) is 3.10. The van der Waals surface area contributed by atoms with Gasteiger partial charge in [0.1, 0.15) is 0 Å². The number of aryl methyl sites for hydroxylation is 1. The van der Waals surface area contributed by atoms with Gasteiger partial charge in [0, 0.05) is 37.4 Å². The second-order valence-corrected chi connectivity index (χ2v) is 12.4. The highest BCUT2D eigenvalue weighted by atomic mass is 15.3. The van der Waals surface area contributed by atoms with Gasteiger partial charge in [-0.1, -0.05) is 115 Å².